The quantitative estimate of drug-likeness (QED) is 0.332. The monoisotopic (exact) mass is 358 g/mol. The number of allylic oxidation sites excluding steroid dienone is 2. The molecule has 2 nitrogen and oxygen atoms in total. The lowest BCUT2D eigenvalue weighted by atomic mass is 9.81. The molecule has 0 fully saturated rings. The summed E-state index contributed by atoms with van der Waals surface area (Å²) in [5, 5.41) is 0. The Morgan fingerprint density at radius 3 is 1.35 bits per heavy atom. The topological polar surface area (TPSA) is 18.5 Å². The van der Waals surface area contributed by atoms with Crippen molar-refractivity contribution in [2.75, 3.05) is 13.2 Å². The summed E-state index contributed by atoms with van der Waals surface area (Å²) in [5.74, 6) is 1.95. The minimum absolute atomic E-state index is 0.0105. The number of benzene rings is 1. The van der Waals surface area contributed by atoms with Crippen LogP contribution in [0.5, 0.6) is 11.5 Å². The predicted molar refractivity (Wildman–Crippen MR) is 114 cm³/mol. The largest absolute Gasteiger partial charge is 0.493 e. The molecule has 0 radical (unpaired) electrons. The van der Waals surface area contributed by atoms with Crippen LogP contribution >= 0.6 is 0 Å². The minimum Gasteiger partial charge on any atom is -0.493 e. The number of rotatable bonds is 10. The highest BCUT2D eigenvalue weighted by Gasteiger charge is 2.26. The highest BCUT2D eigenvalue weighted by atomic mass is 16.5. The Morgan fingerprint density at radius 1 is 0.731 bits per heavy atom. The van der Waals surface area contributed by atoms with Crippen molar-refractivity contribution in [3.63, 3.8) is 0 Å². The maximum absolute atomic E-state index is 6.18. The van der Waals surface area contributed by atoms with Crippen molar-refractivity contribution in [3.8, 4) is 11.5 Å². The van der Waals surface area contributed by atoms with Crippen molar-refractivity contribution in [1.29, 1.82) is 0 Å². The summed E-state index contributed by atoms with van der Waals surface area (Å²) in [6.45, 7) is 22.3. The van der Waals surface area contributed by atoms with Crippen molar-refractivity contribution < 1.29 is 9.47 Å². The molecule has 0 spiro atoms. The van der Waals surface area contributed by atoms with E-state index in [4.69, 9.17) is 9.47 Å². The van der Waals surface area contributed by atoms with Crippen LogP contribution in [0, 0.1) is 0 Å². The molecule has 0 aromatic heterocycles. The van der Waals surface area contributed by atoms with Crippen LogP contribution in [0.3, 0.4) is 0 Å². The van der Waals surface area contributed by atoms with E-state index in [1.165, 1.54) is 11.1 Å². The Labute approximate surface area is 161 Å². The zero-order valence-corrected chi connectivity index (χ0v) is 17.8. The maximum atomic E-state index is 6.18. The number of hydrogen-bond donors (Lipinski definition) is 0. The third-order valence-corrected chi connectivity index (χ3v) is 4.32. The molecular formula is C24H38O2. The first-order chi connectivity index (χ1) is 12.1. The second-order valence-corrected chi connectivity index (χ2v) is 8.90. The lowest BCUT2D eigenvalue weighted by molar-refractivity contribution is 0.290. The van der Waals surface area contributed by atoms with Gasteiger partial charge in [-0.05, 0) is 48.6 Å². The van der Waals surface area contributed by atoms with E-state index in [-0.39, 0.29) is 10.8 Å². The van der Waals surface area contributed by atoms with E-state index < -0.39 is 0 Å². The highest BCUT2D eigenvalue weighted by molar-refractivity contribution is 5.51. The van der Waals surface area contributed by atoms with Gasteiger partial charge in [0.25, 0.3) is 0 Å². The van der Waals surface area contributed by atoms with Gasteiger partial charge in [-0.25, -0.2) is 0 Å². The average molecular weight is 359 g/mol. The smallest absolute Gasteiger partial charge is 0.123 e. The van der Waals surface area contributed by atoms with Crippen LogP contribution in [0.25, 0.3) is 0 Å². The Balaban J connectivity index is 3.22. The van der Waals surface area contributed by atoms with Gasteiger partial charge in [0.1, 0.15) is 11.5 Å². The fourth-order valence-corrected chi connectivity index (χ4v) is 2.79. The molecule has 0 bridgehead atoms. The molecule has 0 aliphatic rings. The Hall–Kier alpha value is -1.70. The minimum atomic E-state index is -0.0105. The first kappa shape index (κ1) is 22.3. The van der Waals surface area contributed by atoms with Gasteiger partial charge in [0.05, 0.1) is 13.2 Å². The number of hydrogen-bond acceptors (Lipinski definition) is 2. The molecule has 1 rings (SSSR count). The SMILES string of the molecule is C=CCCCOc1cc(C(C)(C)C)c(OCCCC=C)cc1C(C)(C)C. The van der Waals surface area contributed by atoms with Crippen LogP contribution in [-0.4, -0.2) is 13.2 Å². The van der Waals surface area contributed by atoms with Gasteiger partial charge in [-0.3, -0.25) is 0 Å². The summed E-state index contributed by atoms with van der Waals surface area (Å²) in [5.41, 5.74) is 2.37. The second-order valence-electron chi connectivity index (χ2n) is 8.90. The van der Waals surface area contributed by atoms with Crippen molar-refractivity contribution in [2.24, 2.45) is 0 Å². The van der Waals surface area contributed by atoms with Crippen molar-refractivity contribution >= 4 is 0 Å². The second kappa shape index (κ2) is 9.85. The molecule has 1 aromatic carbocycles. The van der Waals surface area contributed by atoms with Crippen LogP contribution in [-0.2, 0) is 10.8 Å². The summed E-state index contributed by atoms with van der Waals surface area (Å²) in [4.78, 5) is 0. The van der Waals surface area contributed by atoms with Gasteiger partial charge in [-0.15, -0.1) is 13.2 Å². The molecule has 1 aromatic rings. The van der Waals surface area contributed by atoms with E-state index in [1.54, 1.807) is 0 Å². The molecular weight excluding hydrogens is 320 g/mol. The van der Waals surface area contributed by atoms with Gasteiger partial charge in [-0.2, -0.15) is 0 Å². The molecule has 0 aliphatic heterocycles. The molecule has 0 saturated carbocycles. The fraction of sp³-hybridized carbons (Fsp3) is 0.583. The third-order valence-electron chi connectivity index (χ3n) is 4.32. The van der Waals surface area contributed by atoms with Gasteiger partial charge in [-0.1, -0.05) is 53.7 Å². The average Bonchev–Trinajstić information content (AvgIpc) is 2.54. The Kier molecular flexibility index (Phi) is 8.46. The normalized spacial score (nSPS) is 11.9. The van der Waals surface area contributed by atoms with Gasteiger partial charge in [0, 0.05) is 11.1 Å². The molecule has 26 heavy (non-hydrogen) atoms. The van der Waals surface area contributed by atoms with Crippen LogP contribution < -0.4 is 9.47 Å². The van der Waals surface area contributed by atoms with Gasteiger partial charge in [0.2, 0.25) is 0 Å². The van der Waals surface area contributed by atoms with Crippen molar-refractivity contribution in [3.05, 3.63) is 48.6 Å². The van der Waals surface area contributed by atoms with Crippen molar-refractivity contribution in [1.82, 2.24) is 0 Å². The molecule has 0 amide bonds. The molecule has 146 valence electrons. The van der Waals surface area contributed by atoms with Crippen LogP contribution in [0.15, 0.2) is 37.4 Å². The Morgan fingerprint density at radius 2 is 1.08 bits per heavy atom. The van der Waals surface area contributed by atoms with Crippen LogP contribution in [0.4, 0.5) is 0 Å². The zero-order valence-electron chi connectivity index (χ0n) is 17.8. The first-order valence-electron chi connectivity index (χ1n) is 9.77. The zero-order chi connectivity index (χ0) is 19.8. The number of ether oxygens (including phenoxy) is 2. The summed E-state index contributed by atoms with van der Waals surface area (Å²) < 4.78 is 12.4. The van der Waals surface area contributed by atoms with E-state index in [0.29, 0.717) is 13.2 Å². The van der Waals surface area contributed by atoms with Gasteiger partial charge in [0.15, 0.2) is 0 Å². The van der Waals surface area contributed by atoms with Crippen LogP contribution in [0.1, 0.15) is 78.4 Å². The van der Waals surface area contributed by atoms with E-state index in [1.807, 2.05) is 12.2 Å². The van der Waals surface area contributed by atoms with E-state index in [0.717, 1.165) is 37.2 Å². The molecule has 0 N–H and O–H groups in total. The van der Waals surface area contributed by atoms with E-state index >= 15 is 0 Å². The summed E-state index contributed by atoms with van der Waals surface area (Å²) in [6, 6.07) is 4.38. The number of unbranched alkanes of at least 4 members (excludes halogenated alkanes) is 2. The lowest BCUT2D eigenvalue weighted by Gasteiger charge is -2.29. The summed E-state index contributed by atoms with van der Waals surface area (Å²) >= 11 is 0. The standard InChI is InChI=1S/C24H38O2/c1-9-11-13-15-25-21-17-20(24(6,7)8)22(26-16-14-12-10-2)18-19(21)23(3,4)5/h9-10,17-18H,1-2,11-16H2,3-8H3. The molecule has 0 heterocycles. The van der Waals surface area contributed by atoms with Crippen LogP contribution in [0.2, 0.25) is 0 Å². The molecule has 2 heteroatoms. The summed E-state index contributed by atoms with van der Waals surface area (Å²) in [6.07, 6.45) is 7.79. The molecule has 0 atom stereocenters. The highest BCUT2D eigenvalue weighted by Crippen LogP contribution is 2.41. The van der Waals surface area contributed by atoms with Gasteiger partial charge >= 0.3 is 0 Å². The van der Waals surface area contributed by atoms with Crippen molar-refractivity contribution in [2.45, 2.75) is 78.1 Å². The lowest BCUT2D eigenvalue weighted by Crippen LogP contribution is -2.19. The summed E-state index contributed by atoms with van der Waals surface area (Å²) in [7, 11) is 0. The maximum Gasteiger partial charge on any atom is 0.123 e. The molecule has 0 unspecified atom stereocenters. The van der Waals surface area contributed by atoms with E-state index in [2.05, 4.69) is 66.8 Å². The van der Waals surface area contributed by atoms with Gasteiger partial charge < -0.3 is 9.47 Å². The predicted octanol–water partition coefficient (Wildman–Crippen LogP) is 6.97. The molecule has 0 aliphatic carbocycles. The third kappa shape index (κ3) is 6.90. The Bertz CT molecular complexity index is 532. The fourth-order valence-electron chi connectivity index (χ4n) is 2.79. The van der Waals surface area contributed by atoms with E-state index in [9.17, 15) is 0 Å². The molecule has 0 saturated heterocycles. The first-order valence-corrected chi connectivity index (χ1v) is 9.77.